The number of aromatic nitrogens is 1. The van der Waals surface area contributed by atoms with E-state index in [1.807, 2.05) is 6.07 Å². The Kier molecular flexibility index (Phi) is 6.03. The first-order chi connectivity index (χ1) is 18.2. The van der Waals surface area contributed by atoms with Gasteiger partial charge in [-0.2, -0.15) is 0 Å². The number of carbonyl (C=O) groups excluding carboxylic acids is 2. The predicted octanol–water partition coefficient (Wildman–Crippen LogP) is 4.40. The molecular weight excluding hydrogens is 527 g/mol. The Morgan fingerprint density at radius 1 is 1.08 bits per heavy atom. The zero-order valence-corrected chi connectivity index (χ0v) is 22.4. The third-order valence-electron chi connectivity index (χ3n) is 8.05. The van der Waals surface area contributed by atoms with Gasteiger partial charge in [-0.3, -0.25) is 13.9 Å². The zero-order chi connectivity index (χ0) is 26.7. The fraction of sp³-hybridized carbons (Fsp3) is 0.370. The van der Waals surface area contributed by atoms with E-state index in [0.717, 1.165) is 42.1 Å². The highest BCUT2D eigenvalue weighted by Crippen LogP contribution is 2.59. The Labute approximate surface area is 224 Å². The first kappa shape index (κ1) is 25.0. The SMILES string of the molecule is CC(=O)N1CCC2(CC1)c1cc(NC(=O)c3ccns3)ccc1N(S(=O)(=O)c1ccc(F)cc1)C2C1CC1. The number of carbonyl (C=O) groups is 2. The van der Waals surface area contributed by atoms with Crippen molar-refractivity contribution in [3.63, 3.8) is 0 Å². The Morgan fingerprint density at radius 3 is 2.39 bits per heavy atom. The molecule has 3 aromatic rings. The second kappa shape index (κ2) is 9.16. The fourth-order valence-corrected chi connectivity index (χ4v) is 8.39. The lowest BCUT2D eigenvalue weighted by Gasteiger charge is -2.45. The summed E-state index contributed by atoms with van der Waals surface area (Å²) in [6, 6.07) is 11.6. The molecule has 0 radical (unpaired) electrons. The molecule has 1 N–H and O–H groups in total. The van der Waals surface area contributed by atoms with Gasteiger partial charge in [0.2, 0.25) is 5.91 Å². The summed E-state index contributed by atoms with van der Waals surface area (Å²) in [7, 11) is -4.01. The number of piperidine rings is 1. The number of likely N-dealkylation sites (tertiary alicyclic amines) is 1. The van der Waals surface area contributed by atoms with Crippen LogP contribution in [-0.2, 0) is 20.2 Å². The molecule has 1 aliphatic carbocycles. The van der Waals surface area contributed by atoms with E-state index >= 15 is 0 Å². The molecular formula is C27H27FN4O4S2. The van der Waals surface area contributed by atoms with Crippen LogP contribution in [0.5, 0.6) is 0 Å². The molecule has 2 aliphatic heterocycles. The minimum absolute atomic E-state index is 0.00223. The van der Waals surface area contributed by atoms with Crippen LogP contribution < -0.4 is 9.62 Å². The van der Waals surface area contributed by atoms with Crippen molar-refractivity contribution >= 4 is 44.7 Å². The van der Waals surface area contributed by atoms with Crippen LogP contribution in [0.25, 0.3) is 0 Å². The van der Waals surface area contributed by atoms with E-state index in [2.05, 4.69) is 9.69 Å². The van der Waals surface area contributed by atoms with Crippen molar-refractivity contribution in [2.45, 2.75) is 49.0 Å². The summed E-state index contributed by atoms with van der Waals surface area (Å²) in [5, 5.41) is 2.93. The lowest BCUT2D eigenvalue weighted by molar-refractivity contribution is -0.130. The zero-order valence-electron chi connectivity index (χ0n) is 20.8. The molecule has 1 saturated carbocycles. The van der Waals surface area contributed by atoms with Crippen molar-refractivity contribution in [2.24, 2.45) is 5.92 Å². The topological polar surface area (TPSA) is 99.7 Å². The molecule has 1 aromatic heterocycles. The van der Waals surface area contributed by atoms with Gasteiger partial charge in [0.1, 0.15) is 10.7 Å². The maximum atomic E-state index is 14.1. The molecule has 11 heteroatoms. The van der Waals surface area contributed by atoms with Crippen molar-refractivity contribution in [1.82, 2.24) is 9.27 Å². The molecule has 0 bridgehead atoms. The number of benzene rings is 2. The number of hydrogen-bond acceptors (Lipinski definition) is 6. The fourth-order valence-electron chi connectivity index (χ4n) is 6.10. The van der Waals surface area contributed by atoms with Crippen molar-refractivity contribution in [3.8, 4) is 0 Å². The van der Waals surface area contributed by atoms with Gasteiger partial charge in [0.15, 0.2) is 0 Å². The number of amides is 2. The molecule has 3 aliphatic rings. The number of halogens is 1. The van der Waals surface area contributed by atoms with Gasteiger partial charge < -0.3 is 10.2 Å². The van der Waals surface area contributed by atoms with Crippen LogP contribution in [0.15, 0.2) is 59.6 Å². The molecule has 1 spiro atoms. The summed E-state index contributed by atoms with van der Waals surface area (Å²) < 4.78 is 47.5. The highest BCUT2D eigenvalue weighted by atomic mass is 32.2. The van der Waals surface area contributed by atoms with Crippen molar-refractivity contribution < 1.29 is 22.4 Å². The van der Waals surface area contributed by atoms with Gasteiger partial charge in [-0.25, -0.2) is 17.2 Å². The van der Waals surface area contributed by atoms with Crippen molar-refractivity contribution in [3.05, 3.63) is 71.0 Å². The monoisotopic (exact) mass is 554 g/mol. The van der Waals surface area contributed by atoms with Gasteiger partial charge in [-0.15, -0.1) is 0 Å². The number of sulfonamides is 1. The lowest BCUT2D eigenvalue weighted by atomic mass is 9.68. The van der Waals surface area contributed by atoms with Gasteiger partial charge in [-0.05, 0) is 97.2 Å². The van der Waals surface area contributed by atoms with E-state index in [1.54, 1.807) is 40.5 Å². The molecule has 2 aromatic carbocycles. The molecule has 38 heavy (non-hydrogen) atoms. The van der Waals surface area contributed by atoms with Crippen LogP contribution in [0.1, 0.15) is 47.8 Å². The Hall–Kier alpha value is -3.31. The number of nitrogens with one attached hydrogen (secondary N) is 1. The van der Waals surface area contributed by atoms with Crippen molar-refractivity contribution in [1.29, 1.82) is 0 Å². The van der Waals surface area contributed by atoms with E-state index in [-0.39, 0.29) is 28.7 Å². The normalized spacial score (nSPS) is 20.4. The predicted molar refractivity (Wildman–Crippen MR) is 142 cm³/mol. The third kappa shape index (κ3) is 4.08. The van der Waals surface area contributed by atoms with E-state index in [9.17, 15) is 22.4 Å². The van der Waals surface area contributed by atoms with Crippen molar-refractivity contribution in [2.75, 3.05) is 22.7 Å². The first-order valence-corrected chi connectivity index (χ1v) is 14.8. The average Bonchev–Trinajstić information content (AvgIpc) is 3.49. The Morgan fingerprint density at radius 2 is 1.79 bits per heavy atom. The largest absolute Gasteiger partial charge is 0.343 e. The van der Waals surface area contributed by atoms with Gasteiger partial charge in [0, 0.05) is 37.3 Å². The standard InChI is InChI=1S/C27H27FN4O4S2/c1-17(33)31-14-11-27(12-15-31)22-16-20(30-26(34)24-10-13-29-37-24)6-9-23(22)32(25(27)18-2-3-18)38(35,36)21-7-4-19(28)5-8-21/h4-10,13,16,18,25H,2-3,11-12,14-15H2,1H3,(H,30,34). The van der Waals surface area contributed by atoms with Crippen LogP contribution in [0.2, 0.25) is 0 Å². The highest BCUT2D eigenvalue weighted by molar-refractivity contribution is 7.92. The second-order valence-corrected chi connectivity index (χ2v) is 12.9. The molecule has 1 atom stereocenters. The molecule has 2 fully saturated rings. The summed E-state index contributed by atoms with van der Waals surface area (Å²) in [6.07, 6.45) is 4.63. The Balaban J connectivity index is 1.47. The number of anilines is 2. The molecule has 1 unspecified atom stereocenters. The molecule has 1 saturated heterocycles. The summed E-state index contributed by atoms with van der Waals surface area (Å²) in [6.45, 7) is 2.61. The summed E-state index contributed by atoms with van der Waals surface area (Å²) >= 11 is 1.10. The van der Waals surface area contributed by atoms with E-state index in [0.29, 0.717) is 42.2 Å². The quantitative estimate of drug-likeness (QED) is 0.504. The second-order valence-electron chi connectivity index (χ2n) is 10.3. The van der Waals surface area contributed by atoms with Crippen LogP contribution in [0.3, 0.4) is 0 Å². The molecule has 198 valence electrons. The van der Waals surface area contributed by atoms with Gasteiger partial charge in [0.25, 0.3) is 15.9 Å². The van der Waals surface area contributed by atoms with E-state index < -0.39 is 21.3 Å². The number of nitrogens with zero attached hydrogens (tertiary/aromatic N) is 3. The molecule has 6 rings (SSSR count). The maximum absolute atomic E-state index is 14.1. The van der Waals surface area contributed by atoms with Crippen LogP contribution in [-0.4, -0.2) is 48.6 Å². The summed E-state index contributed by atoms with van der Waals surface area (Å²) in [5.74, 6) is -0.599. The summed E-state index contributed by atoms with van der Waals surface area (Å²) in [4.78, 5) is 27.2. The maximum Gasteiger partial charge on any atom is 0.267 e. The van der Waals surface area contributed by atoms with Gasteiger partial charge in [-0.1, -0.05) is 0 Å². The van der Waals surface area contributed by atoms with Gasteiger partial charge in [0.05, 0.1) is 16.6 Å². The van der Waals surface area contributed by atoms with Crippen LogP contribution in [0.4, 0.5) is 15.8 Å². The molecule has 3 heterocycles. The smallest absolute Gasteiger partial charge is 0.267 e. The third-order valence-corrected chi connectivity index (χ3v) is 10.6. The van der Waals surface area contributed by atoms with E-state index in [1.165, 1.54) is 12.1 Å². The van der Waals surface area contributed by atoms with Crippen LogP contribution >= 0.6 is 11.5 Å². The molecule has 2 amide bonds. The van der Waals surface area contributed by atoms with E-state index in [4.69, 9.17) is 0 Å². The van der Waals surface area contributed by atoms with Crippen LogP contribution in [0, 0.1) is 11.7 Å². The lowest BCUT2D eigenvalue weighted by Crippen LogP contribution is -2.54. The average molecular weight is 555 g/mol. The number of rotatable bonds is 5. The Bertz CT molecular complexity index is 1500. The number of fused-ring (bicyclic) bond motifs is 2. The minimum Gasteiger partial charge on any atom is -0.343 e. The minimum atomic E-state index is -4.01. The van der Waals surface area contributed by atoms with Gasteiger partial charge >= 0.3 is 0 Å². The first-order valence-electron chi connectivity index (χ1n) is 12.6. The molecule has 8 nitrogen and oxygen atoms in total. The highest BCUT2D eigenvalue weighted by Gasteiger charge is 2.60. The number of hydrogen-bond donors (Lipinski definition) is 1. The summed E-state index contributed by atoms with van der Waals surface area (Å²) in [5.41, 5.74) is 1.51.